The largest absolute Gasteiger partial charge is 0.550 e. The standard InChI is InChI=1S/C24H40O4.C8H19N/c1-14(4-9-22(27)28)18-7-8-19-17-6-5-15-12-16(25)10-11-23(15,2)20(17)13-21(26)24(18,19)3;1-3-5-7-9-8-6-4-2/h14-21,25-26H,4-13H2,1-3H3,(H,27,28);9H,3-8H2,1-2H3/t14-,15-,16-,17+,18-,19+,20+,21+,23+,24-;/m1./s1. The maximum Gasteiger partial charge on any atom is 0.0755 e. The Morgan fingerprint density at radius 1 is 0.973 bits per heavy atom. The number of hydrogen-bond acceptors (Lipinski definition) is 4. The fourth-order valence-electron chi connectivity index (χ4n) is 9.55. The molecule has 4 N–H and O–H groups in total. The number of carboxylic acids is 1. The molecule has 0 amide bonds. The van der Waals surface area contributed by atoms with E-state index in [1.54, 1.807) is 0 Å². The van der Waals surface area contributed by atoms with Crippen LogP contribution in [0.4, 0.5) is 0 Å². The number of fused-ring (bicyclic) bond motifs is 5. The van der Waals surface area contributed by atoms with Gasteiger partial charge in [0.1, 0.15) is 0 Å². The van der Waals surface area contributed by atoms with E-state index in [-0.39, 0.29) is 29.5 Å². The maximum absolute atomic E-state index is 11.5. The van der Waals surface area contributed by atoms with Crippen LogP contribution in [0.2, 0.25) is 0 Å². The molecule has 4 aliphatic rings. The third-order valence-corrected chi connectivity index (χ3v) is 11.8. The van der Waals surface area contributed by atoms with Gasteiger partial charge in [-0.3, -0.25) is 0 Å². The Kier molecular flexibility index (Phi) is 11.4. The number of aliphatic hydroxyl groups is 2. The lowest BCUT2D eigenvalue weighted by atomic mass is 9.43. The normalized spacial score (nSPS) is 41.5. The molecule has 4 saturated carbocycles. The van der Waals surface area contributed by atoms with Gasteiger partial charge in [0, 0.05) is 5.97 Å². The average molecular weight is 522 g/mol. The van der Waals surface area contributed by atoms with Gasteiger partial charge in [0.25, 0.3) is 0 Å². The van der Waals surface area contributed by atoms with Crippen LogP contribution in [-0.4, -0.2) is 41.5 Å². The molecule has 0 aromatic heterocycles. The van der Waals surface area contributed by atoms with Crippen molar-refractivity contribution in [1.82, 2.24) is 0 Å². The van der Waals surface area contributed by atoms with Crippen LogP contribution in [0, 0.1) is 46.3 Å². The highest BCUT2D eigenvalue weighted by atomic mass is 16.4. The van der Waals surface area contributed by atoms with Crippen LogP contribution in [0.15, 0.2) is 0 Å². The SMILES string of the molecule is CCCC[NH2+]CCCC.C[C@H](CCC(=O)[O-])[C@H]1CC[C@H]2[C@@H]3CC[C@@H]4C[C@H](O)CC[C@]4(C)[C@H]3C[C@H](O)[C@]12C. The number of hydrogen-bond donors (Lipinski definition) is 3. The van der Waals surface area contributed by atoms with Crippen molar-refractivity contribution < 1.29 is 25.4 Å². The third-order valence-electron chi connectivity index (χ3n) is 11.8. The van der Waals surface area contributed by atoms with Gasteiger partial charge < -0.3 is 25.4 Å². The number of carbonyl (C=O) groups excluding carboxylic acids is 1. The molecule has 4 fully saturated rings. The van der Waals surface area contributed by atoms with Crippen molar-refractivity contribution in [1.29, 1.82) is 0 Å². The first-order valence-electron chi connectivity index (χ1n) is 16.0. The lowest BCUT2D eigenvalue weighted by Crippen LogP contribution is -2.84. The number of rotatable bonds is 10. The minimum absolute atomic E-state index is 0.0795. The van der Waals surface area contributed by atoms with Gasteiger partial charge >= 0.3 is 0 Å². The zero-order chi connectivity index (χ0) is 27.2. The maximum atomic E-state index is 11.5. The summed E-state index contributed by atoms with van der Waals surface area (Å²) in [5.74, 6) is 2.19. The Bertz CT molecular complexity index is 709. The summed E-state index contributed by atoms with van der Waals surface area (Å²) in [6.07, 6.45) is 14.4. The summed E-state index contributed by atoms with van der Waals surface area (Å²) in [4.78, 5) is 10.9. The van der Waals surface area contributed by atoms with Gasteiger partial charge in [-0.1, -0.05) is 47.5 Å². The van der Waals surface area contributed by atoms with Crippen LogP contribution < -0.4 is 10.4 Å². The van der Waals surface area contributed by atoms with Crippen LogP contribution in [-0.2, 0) is 4.79 Å². The fraction of sp³-hybridized carbons (Fsp3) is 0.969. The number of quaternary nitrogens is 1. The first-order chi connectivity index (χ1) is 17.6. The molecule has 216 valence electrons. The predicted molar refractivity (Wildman–Crippen MR) is 147 cm³/mol. The van der Waals surface area contributed by atoms with Gasteiger partial charge in [0.05, 0.1) is 25.3 Å². The molecule has 37 heavy (non-hydrogen) atoms. The van der Waals surface area contributed by atoms with Crippen molar-refractivity contribution in [2.45, 2.75) is 137 Å². The summed E-state index contributed by atoms with van der Waals surface area (Å²) in [5.41, 5.74) is 0.188. The molecule has 0 aliphatic heterocycles. The average Bonchev–Trinajstić information content (AvgIpc) is 3.23. The van der Waals surface area contributed by atoms with Crippen molar-refractivity contribution in [3.05, 3.63) is 0 Å². The molecule has 0 spiro atoms. The second kappa shape index (κ2) is 13.6. The zero-order valence-corrected chi connectivity index (χ0v) is 24.7. The van der Waals surface area contributed by atoms with E-state index in [1.807, 2.05) is 0 Å². The molecule has 0 heterocycles. The zero-order valence-electron chi connectivity index (χ0n) is 24.7. The minimum atomic E-state index is -0.957. The lowest BCUT2D eigenvalue weighted by Gasteiger charge is -2.62. The Hall–Kier alpha value is -0.650. The second-order valence-corrected chi connectivity index (χ2v) is 13.8. The predicted octanol–water partition coefficient (Wildman–Crippen LogP) is 4.29. The van der Waals surface area contributed by atoms with E-state index in [9.17, 15) is 20.1 Å². The summed E-state index contributed by atoms with van der Waals surface area (Å²) in [7, 11) is 0. The summed E-state index contributed by atoms with van der Waals surface area (Å²) < 4.78 is 0. The Morgan fingerprint density at radius 2 is 1.65 bits per heavy atom. The molecular formula is C32H59NO4. The first-order valence-corrected chi connectivity index (χ1v) is 16.0. The van der Waals surface area contributed by atoms with E-state index in [2.05, 4.69) is 39.9 Å². The van der Waals surface area contributed by atoms with E-state index >= 15 is 0 Å². The van der Waals surface area contributed by atoms with Gasteiger partial charge in [0.15, 0.2) is 0 Å². The van der Waals surface area contributed by atoms with E-state index in [0.29, 0.717) is 41.9 Å². The molecule has 4 aliphatic carbocycles. The monoisotopic (exact) mass is 521 g/mol. The summed E-state index contributed by atoms with van der Waals surface area (Å²) >= 11 is 0. The number of nitrogens with two attached hydrogens (primary N) is 1. The molecule has 5 nitrogen and oxygen atoms in total. The van der Waals surface area contributed by atoms with Crippen molar-refractivity contribution in [3.63, 3.8) is 0 Å². The second-order valence-electron chi connectivity index (χ2n) is 13.8. The Labute approximate surface area is 227 Å². The van der Waals surface area contributed by atoms with E-state index in [1.165, 1.54) is 58.0 Å². The van der Waals surface area contributed by atoms with Crippen molar-refractivity contribution in [3.8, 4) is 0 Å². The molecule has 0 bridgehead atoms. The van der Waals surface area contributed by atoms with Gasteiger partial charge in [0.2, 0.25) is 0 Å². The molecule has 0 saturated heterocycles. The van der Waals surface area contributed by atoms with Crippen LogP contribution in [0.3, 0.4) is 0 Å². The van der Waals surface area contributed by atoms with Crippen LogP contribution in [0.25, 0.3) is 0 Å². The van der Waals surface area contributed by atoms with Crippen molar-refractivity contribution >= 4 is 5.97 Å². The molecule has 10 atom stereocenters. The molecule has 5 heteroatoms. The Morgan fingerprint density at radius 3 is 2.27 bits per heavy atom. The van der Waals surface area contributed by atoms with Gasteiger partial charge in [-0.15, -0.1) is 0 Å². The van der Waals surface area contributed by atoms with E-state index in [0.717, 1.165) is 32.1 Å². The van der Waals surface area contributed by atoms with Crippen molar-refractivity contribution in [2.75, 3.05) is 13.1 Å². The number of carbonyl (C=O) groups is 1. The van der Waals surface area contributed by atoms with Crippen LogP contribution >= 0.6 is 0 Å². The number of aliphatic carboxylic acids is 1. The van der Waals surface area contributed by atoms with Gasteiger partial charge in [-0.25, -0.2) is 0 Å². The minimum Gasteiger partial charge on any atom is -0.550 e. The molecule has 4 rings (SSSR count). The summed E-state index contributed by atoms with van der Waals surface area (Å²) in [6, 6.07) is 0. The van der Waals surface area contributed by atoms with Crippen molar-refractivity contribution in [2.24, 2.45) is 46.3 Å². The van der Waals surface area contributed by atoms with E-state index in [4.69, 9.17) is 0 Å². The smallest absolute Gasteiger partial charge is 0.0755 e. The number of carboxylic acid groups (broad SMARTS) is 1. The lowest BCUT2D eigenvalue weighted by molar-refractivity contribution is -0.655. The molecule has 0 radical (unpaired) electrons. The molecule has 0 aromatic carbocycles. The quantitative estimate of drug-likeness (QED) is 0.374. The van der Waals surface area contributed by atoms with E-state index < -0.39 is 5.97 Å². The first kappa shape index (κ1) is 30.9. The molecule has 0 aromatic rings. The topological polar surface area (TPSA) is 97.2 Å². The highest BCUT2D eigenvalue weighted by molar-refractivity contribution is 5.64. The highest BCUT2D eigenvalue weighted by Gasteiger charge is 2.63. The van der Waals surface area contributed by atoms with Gasteiger partial charge in [-0.2, -0.15) is 0 Å². The third kappa shape index (κ3) is 6.74. The number of unbranched alkanes of at least 4 members (excludes halogenated alkanes) is 2. The van der Waals surface area contributed by atoms with Crippen LogP contribution in [0.5, 0.6) is 0 Å². The highest BCUT2D eigenvalue weighted by Crippen LogP contribution is 2.68. The number of aliphatic hydroxyl groups excluding tert-OH is 2. The Balaban J connectivity index is 0.000000364. The summed E-state index contributed by atoms with van der Waals surface area (Å²) in [6.45, 7) is 14.1. The summed E-state index contributed by atoms with van der Waals surface area (Å²) in [5, 5.41) is 35.0. The molecule has 0 unspecified atom stereocenters. The fourth-order valence-corrected chi connectivity index (χ4v) is 9.55. The van der Waals surface area contributed by atoms with Gasteiger partial charge in [-0.05, 0) is 123 Å². The van der Waals surface area contributed by atoms with Crippen LogP contribution in [0.1, 0.15) is 125 Å². The molecular weight excluding hydrogens is 462 g/mol.